The average molecular weight is 568 g/mol. The lowest BCUT2D eigenvalue weighted by molar-refractivity contribution is -0.197. The van der Waals surface area contributed by atoms with Gasteiger partial charge in [-0.2, -0.15) is 15.2 Å². The SMILES string of the molecule is CCNC(=O)C[C@@H]1O[C@@H](n2cnc3c(NCC(c4ccccc4)c4ccccc4)nc(C#N)nc32)[C@@H]2OC(C)(C)O[C@H]21. The second kappa shape index (κ2) is 11.5. The lowest BCUT2D eigenvalue weighted by Crippen LogP contribution is -2.35. The maximum atomic E-state index is 12.4. The summed E-state index contributed by atoms with van der Waals surface area (Å²) in [6.07, 6.45) is -0.423. The molecule has 0 spiro atoms. The van der Waals surface area contributed by atoms with Crippen LogP contribution < -0.4 is 10.6 Å². The summed E-state index contributed by atoms with van der Waals surface area (Å²) in [5, 5.41) is 16.1. The Morgan fingerprint density at radius 2 is 1.71 bits per heavy atom. The van der Waals surface area contributed by atoms with Gasteiger partial charge in [0.1, 0.15) is 18.3 Å². The number of fused-ring (bicyclic) bond motifs is 2. The Bertz CT molecular complexity index is 1560. The maximum Gasteiger partial charge on any atom is 0.236 e. The number of carbonyl (C=O) groups is 1. The summed E-state index contributed by atoms with van der Waals surface area (Å²) in [6, 6.07) is 22.5. The smallest absolute Gasteiger partial charge is 0.236 e. The van der Waals surface area contributed by atoms with Gasteiger partial charge >= 0.3 is 0 Å². The highest BCUT2D eigenvalue weighted by molar-refractivity contribution is 5.83. The van der Waals surface area contributed by atoms with Crippen molar-refractivity contribution in [3.05, 3.63) is 83.9 Å². The van der Waals surface area contributed by atoms with Crippen LogP contribution in [0.15, 0.2) is 67.0 Å². The molecule has 2 aliphatic rings. The van der Waals surface area contributed by atoms with E-state index in [4.69, 9.17) is 14.2 Å². The molecular formula is C31H33N7O4. The molecular weight excluding hydrogens is 534 g/mol. The van der Waals surface area contributed by atoms with E-state index in [1.54, 1.807) is 10.9 Å². The highest BCUT2D eigenvalue weighted by atomic mass is 16.8. The van der Waals surface area contributed by atoms with E-state index in [0.717, 1.165) is 11.1 Å². The van der Waals surface area contributed by atoms with Crippen molar-refractivity contribution < 1.29 is 19.0 Å². The zero-order valence-electron chi connectivity index (χ0n) is 23.7. The van der Waals surface area contributed by atoms with Crippen molar-refractivity contribution in [1.82, 2.24) is 24.8 Å². The third kappa shape index (κ3) is 5.44. The van der Waals surface area contributed by atoms with Crippen LogP contribution in [0.5, 0.6) is 0 Å². The normalized spacial score (nSPS) is 22.6. The molecule has 11 nitrogen and oxygen atoms in total. The minimum absolute atomic E-state index is 0.0000582. The molecule has 2 aliphatic heterocycles. The molecule has 6 rings (SSSR count). The number of nitrogens with zero attached hydrogens (tertiary/aromatic N) is 5. The molecule has 42 heavy (non-hydrogen) atoms. The molecule has 0 radical (unpaired) electrons. The van der Waals surface area contributed by atoms with E-state index in [-0.39, 0.29) is 24.1 Å². The zero-order chi connectivity index (χ0) is 29.3. The fraction of sp³-hybridized carbons (Fsp3) is 0.387. The fourth-order valence-corrected chi connectivity index (χ4v) is 5.77. The zero-order valence-corrected chi connectivity index (χ0v) is 23.7. The van der Waals surface area contributed by atoms with Gasteiger partial charge in [0.15, 0.2) is 29.0 Å². The van der Waals surface area contributed by atoms with Crippen LogP contribution >= 0.6 is 0 Å². The fourth-order valence-electron chi connectivity index (χ4n) is 5.77. The molecule has 0 aliphatic carbocycles. The molecule has 11 heteroatoms. The summed E-state index contributed by atoms with van der Waals surface area (Å²) in [4.78, 5) is 26.1. The molecule has 2 N–H and O–H groups in total. The summed E-state index contributed by atoms with van der Waals surface area (Å²) in [7, 11) is 0. The predicted octanol–water partition coefficient (Wildman–Crippen LogP) is 3.89. The van der Waals surface area contributed by atoms with Gasteiger partial charge in [-0.15, -0.1) is 0 Å². The van der Waals surface area contributed by atoms with E-state index in [1.165, 1.54) is 0 Å². The second-order valence-electron chi connectivity index (χ2n) is 10.9. The monoisotopic (exact) mass is 567 g/mol. The molecule has 216 valence electrons. The second-order valence-corrected chi connectivity index (χ2v) is 10.9. The van der Waals surface area contributed by atoms with Gasteiger partial charge in [-0.05, 0) is 31.9 Å². The Morgan fingerprint density at radius 1 is 1.05 bits per heavy atom. The highest BCUT2D eigenvalue weighted by Crippen LogP contribution is 2.44. The van der Waals surface area contributed by atoms with Crippen molar-refractivity contribution in [3.63, 3.8) is 0 Å². The van der Waals surface area contributed by atoms with Crippen molar-refractivity contribution in [2.45, 2.75) is 63.4 Å². The van der Waals surface area contributed by atoms with E-state index >= 15 is 0 Å². The van der Waals surface area contributed by atoms with Crippen LogP contribution in [-0.2, 0) is 19.0 Å². The number of anilines is 1. The molecule has 4 heterocycles. The Hall–Kier alpha value is -4.37. The van der Waals surface area contributed by atoms with Crippen LogP contribution in [0.3, 0.4) is 0 Å². The highest BCUT2D eigenvalue weighted by Gasteiger charge is 2.56. The van der Waals surface area contributed by atoms with E-state index in [2.05, 4.69) is 55.9 Å². The first-order valence-corrected chi connectivity index (χ1v) is 14.1. The Morgan fingerprint density at radius 3 is 2.36 bits per heavy atom. The van der Waals surface area contributed by atoms with Gasteiger partial charge < -0.3 is 24.8 Å². The van der Waals surface area contributed by atoms with E-state index < -0.39 is 30.3 Å². The number of carbonyl (C=O) groups excluding carboxylic acids is 1. The number of hydrogen-bond donors (Lipinski definition) is 2. The number of aromatic nitrogens is 4. The van der Waals surface area contributed by atoms with Crippen molar-refractivity contribution in [1.29, 1.82) is 5.26 Å². The lowest BCUT2D eigenvalue weighted by Gasteiger charge is -2.24. The van der Waals surface area contributed by atoms with Gasteiger partial charge in [-0.3, -0.25) is 9.36 Å². The number of ether oxygens (including phenoxy) is 3. The molecule has 2 aromatic carbocycles. The van der Waals surface area contributed by atoms with Crippen LogP contribution in [0.4, 0.5) is 5.82 Å². The van der Waals surface area contributed by atoms with Crippen LogP contribution in [0.1, 0.15) is 56.3 Å². The van der Waals surface area contributed by atoms with E-state index in [0.29, 0.717) is 30.1 Å². The van der Waals surface area contributed by atoms with Crippen LogP contribution in [0.25, 0.3) is 11.2 Å². The molecule has 0 unspecified atom stereocenters. The molecule has 4 atom stereocenters. The van der Waals surface area contributed by atoms with Crippen molar-refractivity contribution >= 4 is 22.9 Å². The van der Waals surface area contributed by atoms with Gasteiger partial charge in [0.25, 0.3) is 0 Å². The topological polar surface area (TPSA) is 136 Å². The Labute approximate surface area is 243 Å². The first-order chi connectivity index (χ1) is 20.4. The number of amides is 1. The van der Waals surface area contributed by atoms with Crippen molar-refractivity contribution in [2.75, 3.05) is 18.4 Å². The van der Waals surface area contributed by atoms with Crippen LogP contribution in [0.2, 0.25) is 0 Å². The minimum Gasteiger partial charge on any atom is -0.367 e. The van der Waals surface area contributed by atoms with Crippen LogP contribution in [0, 0.1) is 11.3 Å². The molecule has 2 aromatic heterocycles. The minimum atomic E-state index is -0.851. The molecule has 0 bridgehead atoms. The van der Waals surface area contributed by atoms with Gasteiger partial charge in [-0.25, -0.2) is 4.98 Å². The standard InChI is InChI=1S/C31H33N7O4/c1-4-33-24(39)15-22-26-27(42-31(2,3)41-26)30(40-22)38-18-35-25-28(36-23(16-32)37-29(25)38)34-17-21(19-11-7-5-8-12-19)20-13-9-6-10-14-20/h5-14,18,21-22,26-27,30H,4,15,17H2,1-3H3,(H,33,39)(H,34,36,37)/t22-,26-,27+,30+/m0/s1. The number of hydrogen-bond acceptors (Lipinski definition) is 9. The van der Waals surface area contributed by atoms with Gasteiger partial charge in [0, 0.05) is 19.0 Å². The summed E-state index contributed by atoms with van der Waals surface area (Å²) in [6.45, 7) is 6.59. The van der Waals surface area contributed by atoms with E-state index in [1.807, 2.05) is 57.2 Å². The molecule has 4 aromatic rings. The van der Waals surface area contributed by atoms with Crippen molar-refractivity contribution in [3.8, 4) is 6.07 Å². The van der Waals surface area contributed by atoms with Gasteiger partial charge in [0.2, 0.25) is 11.7 Å². The molecule has 0 saturated carbocycles. The molecule has 1 amide bonds. The quantitative estimate of drug-likeness (QED) is 0.309. The number of imidazole rings is 1. The number of benzene rings is 2. The number of rotatable bonds is 9. The Balaban J connectivity index is 1.33. The average Bonchev–Trinajstić information content (AvgIpc) is 3.65. The number of nitrogens with one attached hydrogen (secondary N) is 2. The van der Waals surface area contributed by atoms with Crippen molar-refractivity contribution in [2.24, 2.45) is 0 Å². The first-order valence-electron chi connectivity index (χ1n) is 14.1. The summed E-state index contributed by atoms with van der Waals surface area (Å²) in [5.74, 6) is -0.496. The largest absolute Gasteiger partial charge is 0.367 e. The summed E-state index contributed by atoms with van der Waals surface area (Å²) >= 11 is 0. The maximum absolute atomic E-state index is 12.4. The molecule has 2 saturated heterocycles. The summed E-state index contributed by atoms with van der Waals surface area (Å²) < 4.78 is 20.5. The van der Waals surface area contributed by atoms with Gasteiger partial charge in [0.05, 0.1) is 18.9 Å². The predicted molar refractivity (Wildman–Crippen MR) is 154 cm³/mol. The van der Waals surface area contributed by atoms with Crippen LogP contribution in [-0.4, -0.2) is 62.6 Å². The van der Waals surface area contributed by atoms with E-state index in [9.17, 15) is 10.1 Å². The number of nitriles is 1. The first kappa shape index (κ1) is 27.8. The third-order valence-electron chi connectivity index (χ3n) is 7.56. The Kier molecular flexibility index (Phi) is 7.60. The molecule has 2 fully saturated rings. The van der Waals surface area contributed by atoms with Gasteiger partial charge in [-0.1, -0.05) is 60.7 Å². The third-order valence-corrected chi connectivity index (χ3v) is 7.56. The lowest BCUT2D eigenvalue weighted by atomic mass is 9.91. The summed E-state index contributed by atoms with van der Waals surface area (Å²) in [5.41, 5.74) is 3.23.